The van der Waals surface area contributed by atoms with E-state index >= 15 is 0 Å². The van der Waals surface area contributed by atoms with Crippen LogP contribution in [0.4, 0.5) is 0 Å². The number of ether oxygens (including phenoxy) is 1. The quantitative estimate of drug-likeness (QED) is 0.336. The van der Waals surface area contributed by atoms with Crippen molar-refractivity contribution in [1.82, 2.24) is 0 Å². The molecule has 0 radical (unpaired) electrons. The van der Waals surface area contributed by atoms with Gasteiger partial charge in [-0.3, -0.25) is 4.79 Å². The molecule has 0 N–H and O–H groups in total. The van der Waals surface area contributed by atoms with Crippen LogP contribution < -0.4 is 0 Å². The van der Waals surface area contributed by atoms with Crippen molar-refractivity contribution in [3.8, 4) is 356 Å². The molecule has 1 atom stereocenters. The van der Waals surface area contributed by atoms with E-state index in [0.29, 0.717) is 19.3 Å². The lowest BCUT2D eigenvalue weighted by Crippen LogP contribution is -2.02. The van der Waals surface area contributed by atoms with Crippen molar-refractivity contribution in [2.24, 2.45) is 0 Å². The highest BCUT2D eigenvalue weighted by Crippen LogP contribution is 2.21. The predicted octanol–water partition coefficient (Wildman–Crippen LogP) is 2.85. The summed E-state index contributed by atoms with van der Waals surface area (Å²) in [6, 6.07) is 9.81. The standard InChI is InChI=1S/C72H16O2/c1-3-4-5-6-7-8-9-10-11-12-13-14-15-16-17-18-19-20-21-22-23-24-25-26-27-28-29-30-31-32-33-34-35-36-37-38-39-40-41-42-43-44-45-46-47-48-49-50-51-52-53-54-55-56-57-58-59-61-65-71(68-64-69-72(73)74-2)70-66-62-60-63-67-70/h1,60,62-63,66-67,71H,64,68-69H2,2H3. The van der Waals surface area contributed by atoms with Gasteiger partial charge in [-0.1, -0.05) is 36.3 Å². The summed E-state index contributed by atoms with van der Waals surface area (Å²) < 4.78 is 4.71. The summed E-state index contributed by atoms with van der Waals surface area (Å²) in [5.41, 5.74) is 1.06. The van der Waals surface area contributed by atoms with E-state index in [1.54, 1.807) is 0 Å². The molecule has 74 heavy (non-hydrogen) atoms. The van der Waals surface area contributed by atoms with Gasteiger partial charge in [0, 0.05) is 261 Å². The van der Waals surface area contributed by atoms with Crippen molar-refractivity contribution in [3.05, 3.63) is 35.9 Å². The molecule has 0 spiro atoms. The van der Waals surface area contributed by atoms with Crippen molar-refractivity contribution in [1.29, 1.82) is 0 Å². The summed E-state index contributed by atoms with van der Waals surface area (Å²) >= 11 is 0. The first-order valence-corrected chi connectivity index (χ1v) is 19.9. The molecule has 0 amide bonds. The SMILES string of the molecule is C#CC#CC#CC#CC#CC#CC#CC#CC#CC#CC#CC#CC#CC#CC#CC#CC#CC#CC#CC#CC#CC#CC#CC#CC#CC#CC#CC#CC#CC#CC(CCCC(=O)OC)c1ccccc1. The number of hydrogen-bond acceptors (Lipinski definition) is 2. The van der Waals surface area contributed by atoms with Crippen LogP contribution in [0.1, 0.15) is 30.7 Å². The van der Waals surface area contributed by atoms with E-state index in [9.17, 15) is 4.79 Å². The summed E-state index contributed by atoms with van der Waals surface area (Å²) in [5.74, 6) is 148. The van der Waals surface area contributed by atoms with Gasteiger partial charge in [0.05, 0.1) is 7.11 Å². The predicted molar refractivity (Wildman–Crippen MR) is 289 cm³/mol. The molecule has 0 bridgehead atoms. The maximum absolute atomic E-state index is 11.4. The van der Waals surface area contributed by atoms with Gasteiger partial charge in [0.15, 0.2) is 0 Å². The Balaban J connectivity index is 2.42. The minimum atomic E-state index is -0.245. The van der Waals surface area contributed by atoms with Gasteiger partial charge in [-0.15, -0.1) is 6.42 Å². The van der Waals surface area contributed by atoms with Crippen molar-refractivity contribution >= 4 is 5.97 Å². The van der Waals surface area contributed by atoms with Crippen LogP contribution in [0.15, 0.2) is 30.3 Å². The smallest absolute Gasteiger partial charge is 0.305 e. The van der Waals surface area contributed by atoms with Crippen LogP contribution >= 0.6 is 0 Å². The van der Waals surface area contributed by atoms with E-state index in [4.69, 9.17) is 11.2 Å². The van der Waals surface area contributed by atoms with Crippen LogP contribution in [0.25, 0.3) is 0 Å². The Kier molecular flexibility index (Phi) is 38.5. The molecule has 1 unspecified atom stereocenters. The molecule has 316 valence electrons. The summed E-state index contributed by atoms with van der Waals surface area (Å²) in [6.07, 6.45) is 6.64. The molecule has 1 aromatic rings. The number of esters is 1. The van der Waals surface area contributed by atoms with Crippen LogP contribution in [-0.4, -0.2) is 13.1 Å². The van der Waals surface area contributed by atoms with Crippen molar-refractivity contribution < 1.29 is 9.53 Å². The van der Waals surface area contributed by atoms with Gasteiger partial charge < -0.3 is 4.74 Å². The Bertz CT molecular complexity index is 4470. The van der Waals surface area contributed by atoms with Gasteiger partial charge in [-0.05, 0) is 113 Å². The number of carbonyl (C=O) groups is 1. The molecular weight excluding hydrogens is 897 g/mol. The number of benzene rings is 1. The molecule has 2 nitrogen and oxygen atoms in total. The molecule has 0 aliphatic carbocycles. The van der Waals surface area contributed by atoms with Gasteiger partial charge in [-0.2, -0.15) is 0 Å². The topological polar surface area (TPSA) is 26.3 Å². The fourth-order valence-electron chi connectivity index (χ4n) is 3.44. The van der Waals surface area contributed by atoms with E-state index in [-0.39, 0.29) is 11.9 Å². The van der Waals surface area contributed by atoms with E-state index in [1.807, 2.05) is 30.3 Å². The van der Waals surface area contributed by atoms with Gasteiger partial charge >= 0.3 is 5.97 Å². The fourth-order valence-corrected chi connectivity index (χ4v) is 3.44. The zero-order valence-corrected chi connectivity index (χ0v) is 38.5. The number of hydrogen-bond donors (Lipinski definition) is 0. The second-order valence-electron chi connectivity index (χ2n) is 10.8. The Morgan fingerprint density at radius 3 is 0.743 bits per heavy atom. The normalized spacial score (nSPS) is 5.62. The highest BCUT2D eigenvalue weighted by atomic mass is 16.5. The van der Waals surface area contributed by atoms with E-state index < -0.39 is 0 Å². The van der Waals surface area contributed by atoms with E-state index in [1.165, 1.54) is 7.11 Å². The Morgan fingerprint density at radius 2 is 0.541 bits per heavy atom. The molecule has 0 fully saturated rings. The first-order valence-electron chi connectivity index (χ1n) is 19.9. The summed E-state index contributed by atoms with van der Waals surface area (Å²) in [4.78, 5) is 11.4. The Hall–Kier alpha value is -14.5. The monoisotopic (exact) mass is 912 g/mol. The maximum atomic E-state index is 11.4. The molecule has 0 aliphatic heterocycles. The molecule has 2 heteroatoms. The molecule has 0 heterocycles. The van der Waals surface area contributed by atoms with Crippen LogP contribution in [0, 0.1) is 356 Å². The zero-order chi connectivity index (χ0) is 52.8. The van der Waals surface area contributed by atoms with Gasteiger partial charge in [0.1, 0.15) is 0 Å². The third kappa shape index (κ3) is 42.8. The largest absolute Gasteiger partial charge is 0.469 e. The molecule has 1 rings (SSSR count). The Morgan fingerprint density at radius 1 is 0.338 bits per heavy atom. The number of terminal acetylenes is 1. The highest BCUT2D eigenvalue weighted by Gasteiger charge is 2.09. The van der Waals surface area contributed by atoms with Crippen molar-refractivity contribution in [2.45, 2.75) is 25.2 Å². The number of carbonyl (C=O) groups excluding carboxylic acids is 1. The minimum Gasteiger partial charge on any atom is -0.469 e. The number of rotatable bonds is 5. The molecule has 0 saturated heterocycles. The van der Waals surface area contributed by atoms with Crippen LogP contribution in [-0.2, 0) is 9.53 Å². The fraction of sp³-hybridized carbons (Fsp3) is 0.0694. The molecule has 0 saturated carbocycles. The molecule has 1 aromatic carbocycles. The van der Waals surface area contributed by atoms with Crippen molar-refractivity contribution in [3.63, 3.8) is 0 Å². The molecule has 0 aliphatic rings. The highest BCUT2D eigenvalue weighted by molar-refractivity contribution is 5.69. The average Bonchev–Trinajstić information content (AvgIpc) is 3.42. The lowest BCUT2D eigenvalue weighted by Gasteiger charge is -2.10. The van der Waals surface area contributed by atoms with E-state index in [2.05, 4.69) is 349 Å². The van der Waals surface area contributed by atoms with Gasteiger partial charge in [0.2, 0.25) is 0 Å². The van der Waals surface area contributed by atoms with Crippen molar-refractivity contribution in [2.75, 3.05) is 7.11 Å². The summed E-state index contributed by atoms with van der Waals surface area (Å²) in [6.45, 7) is 0. The van der Waals surface area contributed by atoms with Gasteiger partial charge in [-0.25, -0.2) is 0 Å². The second-order valence-corrected chi connectivity index (χ2v) is 10.8. The zero-order valence-electron chi connectivity index (χ0n) is 38.5. The number of methoxy groups -OCH3 is 1. The lowest BCUT2D eigenvalue weighted by molar-refractivity contribution is -0.140. The molecular formula is C72H16O2. The first kappa shape index (κ1) is 57.5. The van der Waals surface area contributed by atoms with Crippen LogP contribution in [0.3, 0.4) is 0 Å². The summed E-state index contributed by atoms with van der Waals surface area (Å²) in [7, 11) is 1.37. The van der Waals surface area contributed by atoms with E-state index in [0.717, 1.165) is 5.56 Å². The third-order valence-corrected chi connectivity index (χ3v) is 6.12. The summed E-state index contributed by atoms with van der Waals surface area (Å²) in [5, 5.41) is 0. The Labute approximate surface area is 437 Å². The average molecular weight is 913 g/mol. The third-order valence-electron chi connectivity index (χ3n) is 6.12. The maximum Gasteiger partial charge on any atom is 0.305 e. The molecule has 0 aromatic heterocycles. The second kappa shape index (κ2) is 49.5. The van der Waals surface area contributed by atoms with Crippen LogP contribution in [0.5, 0.6) is 0 Å². The first-order chi connectivity index (χ1) is 36.8. The van der Waals surface area contributed by atoms with Gasteiger partial charge in [0.25, 0.3) is 0 Å². The lowest BCUT2D eigenvalue weighted by atomic mass is 9.94. The van der Waals surface area contributed by atoms with Crippen LogP contribution in [0.2, 0.25) is 0 Å². The minimum absolute atomic E-state index is 0.0571.